The Bertz CT molecular complexity index is 476. The molecule has 2 N–H and O–H groups in total. The van der Waals surface area contributed by atoms with Crippen LogP contribution in [-0.4, -0.2) is 23.7 Å². The van der Waals surface area contributed by atoms with E-state index in [9.17, 15) is 9.90 Å². The van der Waals surface area contributed by atoms with E-state index >= 15 is 0 Å². The van der Waals surface area contributed by atoms with Crippen molar-refractivity contribution >= 4 is 27.5 Å². The number of aromatic hydroxyl groups is 1. The number of amides is 1. The maximum Gasteiger partial charge on any atom is 0.230 e. The molecule has 5 heteroatoms. The number of halogens is 1. The first-order valence-corrected chi connectivity index (χ1v) is 7.20. The minimum absolute atomic E-state index is 0.0314. The van der Waals surface area contributed by atoms with Crippen LogP contribution in [0.5, 0.6) is 5.75 Å². The lowest BCUT2D eigenvalue weighted by molar-refractivity contribution is -0.122. The second-order valence-electron chi connectivity index (χ2n) is 5.10. The monoisotopic (exact) mass is 327 g/mol. The van der Waals surface area contributed by atoms with Gasteiger partial charge in [0.05, 0.1) is 22.2 Å². The second-order valence-corrected chi connectivity index (χ2v) is 5.90. The molecule has 104 valence electrons. The van der Waals surface area contributed by atoms with E-state index in [2.05, 4.69) is 35.1 Å². The fraction of sp³-hybridized carbons (Fsp3) is 0.500. The van der Waals surface area contributed by atoms with Crippen LogP contribution in [0, 0.1) is 11.8 Å². The zero-order chi connectivity index (χ0) is 14.0. The van der Waals surface area contributed by atoms with Gasteiger partial charge in [-0.1, -0.05) is 19.9 Å². The Morgan fingerprint density at radius 2 is 2.26 bits per heavy atom. The maximum absolute atomic E-state index is 12.3. The number of hydrogen-bond acceptors (Lipinski definition) is 3. The lowest BCUT2D eigenvalue weighted by Gasteiger charge is -2.21. The third-order valence-electron chi connectivity index (χ3n) is 3.37. The summed E-state index contributed by atoms with van der Waals surface area (Å²) < 4.78 is 6.12. The third-order valence-corrected chi connectivity index (χ3v) is 4.20. The number of phenols is 1. The van der Waals surface area contributed by atoms with Gasteiger partial charge in [-0.3, -0.25) is 4.79 Å². The molecule has 1 aliphatic rings. The van der Waals surface area contributed by atoms with Crippen LogP contribution in [0.1, 0.15) is 20.3 Å². The number of carbonyl (C=O) groups is 1. The zero-order valence-electron chi connectivity index (χ0n) is 11.0. The normalized spacial score (nSPS) is 22.7. The Labute approximate surface area is 121 Å². The van der Waals surface area contributed by atoms with E-state index in [1.165, 1.54) is 0 Å². The topological polar surface area (TPSA) is 58.6 Å². The van der Waals surface area contributed by atoms with Gasteiger partial charge in [-0.25, -0.2) is 0 Å². The standard InChI is InChI=1S/C14H18BrNO3/c1-8(2)13-9(6-7-19-13)14(18)16-10-4-3-5-11(17)12(10)15/h3-5,8-9,13,17H,6-7H2,1-2H3,(H,16,18). The van der Waals surface area contributed by atoms with Gasteiger partial charge in [0.15, 0.2) is 0 Å². The van der Waals surface area contributed by atoms with Crippen molar-refractivity contribution < 1.29 is 14.6 Å². The van der Waals surface area contributed by atoms with Crippen molar-refractivity contribution in [1.29, 1.82) is 0 Å². The number of nitrogens with one attached hydrogen (secondary N) is 1. The molecule has 0 aliphatic carbocycles. The fourth-order valence-corrected chi connectivity index (χ4v) is 2.75. The van der Waals surface area contributed by atoms with Crippen LogP contribution in [0.3, 0.4) is 0 Å². The highest BCUT2D eigenvalue weighted by Crippen LogP contribution is 2.33. The molecule has 19 heavy (non-hydrogen) atoms. The largest absolute Gasteiger partial charge is 0.507 e. The van der Waals surface area contributed by atoms with Crippen LogP contribution in [0.2, 0.25) is 0 Å². The third kappa shape index (κ3) is 3.09. The van der Waals surface area contributed by atoms with Gasteiger partial charge in [0, 0.05) is 6.61 Å². The second kappa shape index (κ2) is 5.92. The van der Waals surface area contributed by atoms with Crippen LogP contribution >= 0.6 is 15.9 Å². The summed E-state index contributed by atoms with van der Waals surface area (Å²) in [4.78, 5) is 12.3. The molecule has 2 atom stereocenters. The number of anilines is 1. The maximum atomic E-state index is 12.3. The van der Waals surface area contributed by atoms with Gasteiger partial charge in [0.25, 0.3) is 0 Å². The Hall–Kier alpha value is -1.07. The fourth-order valence-electron chi connectivity index (χ4n) is 2.39. The quantitative estimate of drug-likeness (QED) is 0.896. The molecule has 0 bridgehead atoms. The molecule has 1 heterocycles. The number of ether oxygens (including phenoxy) is 1. The summed E-state index contributed by atoms with van der Waals surface area (Å²) >= 11 is 3.27. The molecule has 1 aromatic rings. The van der Waals surface area contributed by atoms with Crippen molar-refractivity contribution in [1.82, 2.24) is 0 Å². The molecule has 1 fully saturated rings. The van der Waals surface area contributed by atoms with Gasteiger partial charge < -0.3 is 15.2 Å². The van der Waals surface area contributed by atoms with Gasteiger partial charge in [-0.05, 0) is 40.4 Å². The summed E-state index contributed by atoms with van der Waals surface area (Å²) in [5.74, 6) is 0.239. The van der Waals surface area contributed by atoms with Gasteiger partial charge >= 0.3 is 0 Å². The average molecular weight is 328 g/mol. The summed E-state index contributed by atoms with van der Waals surface area (Å²) in [6, 6.07) is 5.01. The van der Waals surface area contributed by atoms with E-state index in [-0.39, 0.29) is 23.7 Å². The summed E-state index contributed by atoms with van der Waals surface area (Å²) in [7, 11) is 0. The molecule has 1 saturated heterocycles. The Balaban J connectivity index is 2.11. The van der Waals surface area contributed by atoms with Crippen LogP contribution in [0.4, 0.5) is 5.69 Å². The van der Waals surface area contributed by atoms with E-state index in [1.807, 2.05) is 0 Å². The smallest absolute Gasteiger partial charge is 0.230 e. The highest BCUT2D eigenvalue weighted by atomic mass is 79.9. The summed E-state index contributed by atoms with van der Waals surface area (Å²) in [6.07, 6.45) is 0.710. The minimum Gasteiger partial charge on any atom is -0.507 e. The SMILES string of the molecule is CC(C)C1OCCC1C(=O)Nc1cccc(O)c1Br. The van der Waals surface area contributed by atoms with E-state index in [4.69, 9.17) is 4.74 Å². The highest BCUT2D eigenvalue weighted by molar-refractivity contribution is 9.10. The summed E-state index contributed by atoms with van der Waals surface area (Å²) in [5, 5.41) is 12.4. The number of phenolic OH excluding ortho intramolecular Hbond substituents is 1. The Kier molecular flexibility index (Phi) is 4.47. The first-order valence-electron chi connectivity index (χ1n) is 6.40. The molecule has 0 aromatic heterocycles. The number of carbonyl (C=O) groups excluding carboxylic acids is 1. The van der Waals surface area contributed by atoms with Crippen molar-refractivity contribution in [3.05, 3.63) is 22.7 Å². The van der Waals surface area contributed by atoms with Crippen molar-refractivity contribution in [3.8, 4) is 5.75 Å². The van der Waals surface area contributed by atoms with Crippen molar-refractivity contribution in [3.63, 3.8) is 0 Å². The number of benzene rings is 1. The van der Waals surface area contributed by atoms with E-state index in [1.54, 1.807) is 18.2 Å². The van der Waals surface area contributed by atoms with Crippen LogP contribution in [-0.2, 0) is 9.53 Å². The summed E-state index contributed by atoms with van der Waals surface area (Å²) in [6.45, 7) is 4.74. The number of rotatable bonds is 3. The Morgan fingerprint density at radius 3 is 2.95 bits per heavy atom. The molecule has 1 amide bonds. The first-order chi connectivity index (χ1) is 9.00. The zero-order valence-corrected chi connectivity index (χ0v) is 12.6. The molecular formula is C14H18BrNO3. The van der Waals surface area contributed by atoms with Gasteiger partial charge in [0.2, 0.25) is 5.91 Å². The highest BCUT2D eigenvalue weighted by Gasteiger charge is 2.36. The van der Waals surface area contributed by atoms with Gasteiger partial charge in [-0.2, -0.15) is 0 Å². The molecule has 0 saturated carbocycles. The predicted molar refractivity (Wildman–Crippen MR) is 77.1 cm³/mol. The van der Waals surface area contributed by atoms with E-state index in [0.29, 0.717) is 22.7 Å². The molecule has 4 nitrogen and oxygen atoms in total. The molecule has 0 spiro atoms. The minimum atomic E-state index is -0.130. The van der Waals surface area contributed by atoms with Gasteiger partial charge in [0.1, 0.15) is 5.75 Å². The van der Waals surface area contributed by atoms with Crippen molar-refractivity contribution in [2.24, 2.45) is 11.8 Å². The predicted octanol–water partition coefficient (Wildman–Crippen LogP) is 3.15. The molecule has 2 unspecified atom stereocenters. The average Bonchev–Trinajstić information content (AvgIpc) is 2.84. The van der Waals surface area contributed by atoms with Crippen molar-refractivity contribution in [2.75, 3.05) is 11.9 Å². The molecule has 1 aromatic carbocycles. The summed E-state index contributed by atoms with van der Waals surface area (Å²) in [5.41, 5.74) is 0.583. The molecule has 2 rings (SSSR count). The van der Waals surface area contributed by atoms with Crippen LogP contribution in [0.15, 0.2) is 22.7 Å². The van der Waals surface area contributed by atoms with Crippen LogP contribution in [0.25, 0.3) is 0 Å². The van der Waals surface area contributed by atoms with Gasteiger partial charge in [-0.15, -0.1) is 0 Å². The lowest BCUT2D eigenvalue weighted by Crippen LogP contribution is -2.32. The molecule has 1 aliphatic heterocycles. The Morgan fingerprint density at radius 1 is 1.53 bits per heavy atom. The van der Waals surface area contributed by atoms with E-state index < -0.39 is 0 Å². The lowest BCUT2D eigenvalue weighted by atomic mass is 9.92. The first kappa shape index (κ1) is 14.3. The molecule has 0 radical (unpaired) electrons. The van der Waals surface area contributed by atoms with E-state index in [0.717, 1.165) is 6.42 Å². The van der Waals surface area contributed by atoms with Crippen molar-refractivity contribution in [2.45, 2.75) is 26.4 Å². The number of hydrogen-bond donors (Lipinski definition) is 2. The van der Waals surface area contributed by atoms with Crippen LogP contribution < -0.4 is 5.32 Å². The molecular weight excluding hydrogens is 310 g/mol.